The average Bonchev–Trinajstić information content (AvgIpc) is 3.18. The molecule has 0 aromatic carbocycles. The van der Waals surface area contributed by atoms with Gasteiger partial charge in [0.05, 0.1) is 13.2 Å². The summed E-state index contributed by atoms with van der Waals surface area (Å²) in [5, 5.41) is 40.0. The molecule has 1 rings (SSSR count). The Labute approximate surface area is 334 Å². The van der Waals surface area contributed by atoms with Gasteiger partial charge in [0, 0.05) is 12.8 Å². The molecule has 4 N–H and O–H groups in total. The molecule has 6 unspecified atom stereocenters. The topological polar surface area (TPSA) is 152 Å². The van der Waals surface area contributed by atoms with E-state index >= 15 is 0 Å². The van der Waals surface area contributed by atoms with Gasteiger partial charge in [0.1, 0.15) is 31.0 Å². The van der Waals surface area contributed by atoms with Crippen LogP contribution in [0.5, 0.6) is 0 Å². The van der Waals surface area contributed by atoms with E-state index in [2.05, 4.69) is 38.2 Å². The van der Waals surface area contributed by atoms with Crippen molar-refractivity contribution in [3.05, 3.63) is 24.3 Å². The van der Waals surface area contributed by atoms with Crippen molar-refractivity contribution in [2.45, 2.75) is 230 Å². The van der Waals surface area contributed by atoms with E-state index in [4.69, 9.17) is 18.9 Å². The molecular formula is C45H82O10. The number of rotatable bonds is 37. The first-order valence-electron chi connectivity index (χ1n) is 22.4. The van der Waals surface area contributed by atoms with E-state index in [-0.39, 0.29) is 32.0 Å². The maximum absolute atomic E-state index is 12.8. The van der Waals surface area contributed by atoms with Crippen LogP contribution in [0.3, 0.4) is 0 Å². The summed E-state index contributed by atoms with van der Waals surface area (Å²) < 4.78 is 22.1. The summed E-state index contributed by atoms with van der Waals surface area (Å²) in [6, 6.07) is 0. The van der Waals surface area contributed by atoms with Gasteiger partial charge in [0.15, 0.2) is 12.4 Å². The number of hydrogen-bond donors (Lipinski definition) is 4. The van der Waals surface area contributed by atoms with Gasteiger partial charge in [0.2, 0.25) is 0 Å². The molecular weight excluding hydrogens is 700 g/mol. The number of carbonyl (C=O) groups is 2. The fourth-order valence-electron chi connectivity index (χ4n) is 6.75. The van der Waals surface area contributed by atoms with Crippen molar-refractivity contribution in [1.29, 1.82) is 0 Å². The van der Waals surface area contributed by atoms with Crippen molar-refractivity contribution in [2.24, 2.45) is 0 Å². The highest BCUT2D eigenvalue weighted by molar-refractivity contribution is 5.70. The molecule has 10 heteroatoms. The van der Waals surface area contributed by atoms with Crippen molar-refractivity contribution in [3.8, 4) is 0 Å². The molecule has 0 aliphatic carbocycles. The van der Waals surface area contributed by atoms with Gasteiger partial charge in [-0.25, -0.2) is 0 Å². The molecule has 55 heavy (non-hydrogen) atoms. The summed E-state index contributed by atoms with van der Waals surface area (Å²) in [6.07, 6.45) is 31.9. The largest absolute Gasteiger partial charge is 0.462 e. The van der Waals surface area contributed by atoms with Gasteiger partial charge in [-0.2, -0.15) is 0 Å². The summed E-state index contributed by atoms with van der Waals surface area (Å²) in [6.45, 7) is 3.39. The normalized spacial score (nSPS) is 20.7. The van der Waals surface area contributed by atoms with Crippen LogP contribution in [0.4, 0.5) is 0 Å². The third kappa shape index (κ3) is 28.3. The number of ether oxygens (including phenoxy) is 4. The molecule has 1 heterocycles. The number of esters is 2. The molecule has 0 amide bonds. The molecule has 0 aromatic rings. The van der Waals surface area contributed by atoms with Crippen molar-refractivity contribution < 1.29 is 49.0 Å². The van der Waals surface area contributed by atoms with Crippen LogP contribution in [0.15, 0.2) is 24.3 Å². The maximum atomic E-state index is 12.8. The Kier molecular flexibility index (Phi) is 34.0. The van der Waals surface area contributed by atoms with Gasteiger partial charge < -0.3 is 39.4 Å². The molecule has 1 fully saturated rings. The molecule has 0 aromatic heterocycles. The van der Waals surface area contributed by atoms with Gasteiger partial charge in [-0.15, -0.1) is 0 Å². The molecule has 1 aliphatic rings. The van der Waals surface area contributed by atoms with E-state index in [9.17, 15) is 30.0 Å². The van der Waals surface area contributed by atoms with Crippen LogP contribution < -0.4 is 0 Å². The van der Waals surface area contributed by atoms with E-state index in [1.807, 2.05) is 0 Å². The van der Waals surface area contributed by atoms with Crippen molar-refractivity contribution in [3.63, 3.8) is 0 Å². The minimum Gasteiger partial charge on any atom is -0.462 e. The molecule has 0 radical (unpaired) electrons. The predicted octanol–water partition coefficient (Wildman–Crippen LogP) is 9.33. The van der Waals surface area contributed by atoms with Crippen LogP contribution >= 0.6 is 0 Å². The fraction of sp³-hybridized carbons (Fsp3) is 0.867. The van der Waals surface area contributed by atoms with E-state index in [1.54, 1.807) is 0 Å². The van der Waals surface area contributed by atoms with Crippen LogP contribution in [0.25, 0.3) is 0 Å². The molecule has 6 atom stereocenters. The SMILES string of the molecule is CCCCCCC/C=C\C/C=C\CCCCCCCCCCCC(=O)OC(COC(=O)CCCCCCCCCCC)COC1OC(CO)C(O)C(O)C1O. The Hall–Kier alpha value is -1.82. The first-order valence-corrected chi connectivity index (χ1v) is 22.4. The lowest BCUT2D eigenvalue weighted by molar-refractivity contribution is -0.305. The Morgan fingerprint density at radius 3 is 1.51 bits per heavy atom. The van der Waals surface area contributed by atoms with Crippen LogP contribution in [-0.4, -0.2) is 89.0 Å². The molecule has 10 nitrogen and oxygen atoms in total. The number of aliphatic hydroxyl groups excluding tert-OH is 4. The predicted molar refractivity (Wildman–Crippen MR) is 219 cm³/mol. The lowest BCUT2D eigenvalue weighted by atomic mass is 9.99. The van der Waals surface area contributed by atoms with E-state index in [0.29, 0.717) is 6.42 Å². The van der Waals surface area contributed by atoms with E-state index in [0.717, 1.165) is 51.4 Å². The first kappa shape index (κ1) is 51.2. The second-order valence-corrected chi connectivity index (χ2v) is 15.5. The fourth-order valence-corrected chi connectivity index (χ4v) is 6.75. The van der Waals surface area contributed by atoms with Crippen molar-refractivity contribution >= 4 is 11.9 Å². The Bertz CT molecular complexity index is 954. The summed E-state index contributed by atoms with van der Waals surface area (Å²) >= 11 is 0. The third-order valence-corrected chi connectivity index (χ3v) is 10.3. The summed E-state index contributed by atoms with van der Waals surface area (Å²) in [7, 11) is 0. The average molecular weight is 783 g/mol. The highest BCUT2D eigenvalue weighted by Gasteiger charge is 2.44. The number of allylic oxidation sites excluding steroid dienone is 4. The second kappa shape index (κ2) is 36.5. The smallest absolute Gasteiger partial charge is 0.306 e. The number of aliphatic hydroxyl groups is 4. The minimum absolute atomic E-state index is 0.216. The van der Waals surface area contributed by atoms with Crippen molar-refractivity contribution in [1.82, 2.24) is 0 Å². The maximum Gasteiger partial charge on any atom is 0.306 e. The van der Waals surface area contributed by atoms with E-state index in [1.165, 1.54) is 109 Å². The highest BCUT2D eigenvalue weighted by Crippen LogP contribution is 2.23. The van der Waals surface area contributed by atoms with Crippen LogP contribution in [0.1, 0.15) is 194 Å². The van der Waals surface area contributed by atoms with Gasteiger partial charge in [-0.05, 0) is 44.9 Å². The quantitative estimate of drug-likeness (QED) is 0.0273. The van der Waals surface area contributed by atoms with Crippen LogP contribution in [0, 0.1) is 0 Å². The monoisotopic (exact) mass is 783 g/mol. The number of unbranched alkanes of at least 4 members (excludes halogenated alkanes) is 22. The Morgan fingerprint density at radius 1 is 0.564 bits per heavy atom. The molecule has 0 spiro atoms. The zero-order chi connectivity index (χ0) is 40.2. The molecule has 0 bridgehead atoms. The Balaban J connectivity index is 2.28. The molecule has 1 aliphatic heterocycles. The highest BCUT2D eigenvalue weighted by atomic mass is 16.7. The van der Waals surface area contributed by atoms with Gasteiger partial charge >= 0.3 is 11.9 Å². The van der Waals surface area contributed by atoms with Gasteiger partial charge in [-0.3, -0.25) is 9.59 Å². The molecule has 322 valence electrons. The standard InChI is InChI=1S/C45H82O10/c1-3-5-7-9-11-13-14-15-16-17-18-19-20-21-22-23-24-26-28-30-32-34-41(48)54-38(37-53-45-44(51)43(50)42(49)39(35-46)55-45)36-52-40(47)33-31-29-27-25-12-10-8-6-4-2/h14-15,17-18,38-39,42-46,49-51H,3-13,16,19-37H2,1-2H3/b15-14-,18-17-. The number of carbonyl (C=O) groups excluding carboxylic acids is 2. The van der Waals surface area contributed by atoms with Crippen LogP contribution in [0.2, 0.25) is 0 Å². The lowest BCUT2D eigenvalue weighted by Gasteiger charge is -2.39. The van der Waals surface area contributed by atoms with Crippen molar-refractivity contribution in [2.75, 3.05) is 19.8 Å². The molecule has 1 saturated heterocycles. The zero-order valence-electron chi connectivity index (χ0n) is 34.9. The van der Waals surface area contributed by atoms with Crippen LogP contribution in [-0.2, 0) is 28.5 Å². The Morgan fingerprint density at radius 2 is 1.02 bits per heavy atom. The summed E-state index contributed by atoms with van der Waals surface area (Å²) in [5.41, 5.74) is 0. The zero-order valence-corrected chi connectivity index (χ0v) is 34.9. The second-order valence-electron chi connectivity index (χ2n) is 15.5. The summed E-state index contributed by atoms with van der Waals surface area (Å²) in [5.74, 6) is -0.809. The third-order valence-electron chi connectivity index (χ3n) is 10.3. The lowest BCUT2D eigenvalue weighted by Crippen LogP contribution is -2.59. The van der Waals surface area contributed by atoms with Gasteiger partial charge in [-0.1, -0.05) is 160 Å². The number of hydrogen-bond acceptors (Lipinski definition) is 10. The molecule has 0 saturated carbocycles. The van der Waals surface area contributed by atoms with E-state index < -0.39 is 49.4 Å². The first-order chi connectivity index (χ1) is 26.8. The summed E-state index contributed by atoms with van der Waals surface area (Å²) in [4.78, 5) is 25.2. The van der Waals surface area contributed by atoms with Gasteiger partial charge in [0.25, 0.3) is 0 Å². The minimum atomic E-state index is -1.59.